The lowest BCUT2D eigenvalue weighted by atomic mass is 9.82. The molecule has 1 spiro atoms. The number of carbonyl (C=O) groups is 2. The van der Waals surface area contributed by atoms with Crippen LogP contribution in [0.4, 0.5) is 15.5 Å². The average molecular weight is 618 g/mol. The van der Waals surface area contributed by atoms with E-state index in [1.807, 2.05) is 55.5 Å². The molecule has 0 bridgehead atoms. The fourth-order valence-electron chi connectivity index (χ4n) is 7.48. The highest BCUT2D eigenvalue weighted by Crippen LogP contribution is 2.60. The molecule has 0 saturated carbocycles. The maximum Gasteiger partial charge on any atom is 0.264 e. The van der Waals surface area contributed by atoms with E-state index in [9.17, 15) is 14.7 Å². The van der Waals surface area contributed by atoms with E-state index in [0.717, 1.165) is 18.5 Å². The van der Waals surface area contributed by atoms with E-state index >= 15 is 4.11 Å². The Labute approximate surface area is 258 Å². The van der Waals surface area contributed by atoms with Gasteiger partial charge in [-0.2, -0.15) is 0 Å². The topological polar surface area (TPSA) is 101 Å². The minimum Gasteiger partial charge on any atom is -0.382 e. The molecule has 1 N–H and O–H groups in total. The Morgan fingerprint density at radius 1 is 1.20 bits per heavy atom. The summed E-state index contributed by atoms with van der Waals surface area (Å²) in [7, 11) is -3.35. The van der Waals surface area contributed by atoms with Crippen LogP contribution >= 0.6 is 0 Å². The van der Waals surface area contributed by atoms with Gasteiger partial charge in [0.1, 0.15) is 11.8 Å². The first-order valence-corrected chi connectivity index (χ1v) is 18.4. The molecule has 2 saturated heterocycles. The molecule has 5 atom stereocenters. The molecule has 3 aliphatic rings. The van der Waals surface area contributed by atoms with Gasteiger partial charge >= 0.3 is 0 Å². The van der Waals surface area contributed by atoms with Crippen molar-refractivity contribution in [1.82, 2.24) is 15.0 Å². The molecule has 3 aliphatic heterocycles. The van der Waals surface area contributed by atoms with Crippen molar-refractivity contribution in [2.24, 2.45) is 5.92 Å². The van der Waals surface area contributed by atoms with Gasteiger partial charge in [-0.25, -0.2) is 0 Å². The number of anilines is 2. The Balaban J connectivity index is 1.32. The molecule has 9 nitrogen and oxygen atoms in total. The number of rotatable bonds is 9. The molecular formula is C33H40FN5O4Si. The van der Waals surface area contributed by atoms with Crippen molar-refractivity contribution in [3.63, 3.8) is 0 Å². The van der Waals surface area contributed by atoms with Crippen molar-refractivity contribution in [1.29, 1.82) is 0 Å². The molecule has 1 aromatic heterocycles. The normalized spacial score (nSPS) is 26.0. The number of hydrogen-bond donors (Lipinski definition) is 1. The molecule has 4 heterocycles. The molecule has 0 unspecified atom stereocenters. The van der Waals surface area contributed by atoms with Crippen LogP contribution in [-0.2, 0) is 26.5 Å². The number of fused-ring (bicyclic) bond motifs is 2. The van der Waals surface area contributed by atoms with Crippen LogP contribution in [0.15, 0.2) is 67.4 Å². The predicted octanol–water partition coefficient (Wildman–Crippen LogP) is 5.27. The van der Waals surface area contributed by atoms with Gasteiger partial charge in [0, 0.05) is 48.8 Å². The summed E-state index contributed by atoms with van der Waals surface area (Å²) in [4.78, 5) is 30.6. The maximum absolute atomic E-state index is 16.2. The van der Waals surface area contributed by atoms with Crippen molar-refractivity contribution in [3.05, 3.63) is 84.2 Å². The quantitative estimate of drug-likeness (QED) is 0.199. The highest BCUT2D eigenvalue weighted by atomic mass is 28.4. The third-order valence-electron chi connectivity index (χ3n) is 9.49. The standard InChI is InChI=1S/C33H40FN5O4Si/c1-5-17-39-27-15-14-24(38-18-10-9-13-29(38)40)20-25(27)33(32(39)42)22(2)31(44(3,4)34)28(43-33)16-19-37-21-26(35-36-37)30(41)23-11-7-6-8-12-23/h5-8,11-12,14-15,20-22,28,30-31,41H,1,9-10,13,16-19H2,2-4H3/t22-,28+,30-,31-,33+/m1/s1. The number of nitrogens with zero attached hydrogens (tertiary/aromatic N) is 5. The van der Waals surface area contributed by atoms with Crippen LogP contribution in [0, 0.1) is 5.92 Å². The summed E-state index contributed by atoms with van der Waals surface area (Å²) in [5.74, 6) is -0.601. The molecule has 2 amide bonds. The number of aliphatic hydroxyl groups excluding tert-OH is 1. The molecular weight excluding hydrogens is 577 g/mol. The molecule has 3 aromatic rings. The second kappa shape index (κ2) is 11.7. The summed E-state index contributed by atoms with van der Waals surface area (Å²) >= 11 is 0. The van der Waals surface area contributed by atoms with Crippen LogP contribution in [0.25, 0.3) is 0 Å². The van der Waals surface area contributed by atoms with Crippen molar-refractivity contribution in [2.75, 3.05) is 22.9 Å². The summed E-state index contributed by atoms with van der Waals surface area (Å²) in [5, 5.41) is 19.2. The molecule has 2 fully saturated rings. The summed E-state index contributed by atoms with van der Waals surface area (Å²) < 4.78 is 24.7. The fraction of sp³-hybridized carbons (Fsp3) is 0.455. The number of hydrogen-bond acceptors (Lipinski definition) is 6. The highest BCUT2D eigenvalue weighted by Gasteiger charge is 2.66. The van der Waals surface area contributed by atoms with E-state index in [1.54, 1.807) is 39.8 Å². The van der Waals surface area contributed by atoms with Gasteiger partial charge in [0.2, 0.25) is 14.3 Å². The lowest BCUT2D eigenvalue weighted by Crippen LogP contribution is -2.45. The third-order valence-corrected chi connectivity index (χ3v) is 11.9. The average Bonchev–Trinajstić information content (AvgIpc) is 3.67. The van der Waals surface area contributed by atoms with E-state index in [2.05, 4.69) is 16.9 Å². The molecule has 0 aliphatic carbocycles. The monoisotopic (exact) mass is 617 g/mol. The Morgan fingerprint density at radius 2 is 1.98 bits per heavy atom. The van der Waals surface area contributed by atoms with Crippen LogP contribution in [0.5, 0.6) is 0 Å². The minimum absolute atomic E-state index is 0.0653. The van der Waals surface area contributed by atoms with Gasteiger partial charge in [0.15, 0.2) is 5.60 Å². The number of amides is 2. The minimum atomic E-state index is -3.35. The van der Waals surface area contributed by atoms with E-state index in [-0.39, 0.29) is 11.8 Å². The smallest absolute Gasteiger partial charge is 0.264 e. The first kappa shape index (κ1) is 30.4. The number of piperidine rings is 1. The number of halogens is 1. The SMILES string of the molecule is C=CCN1C(=O)[C@@]2(O[C@@H](CCn3cc([C@H](O)c4ccccc4)nn3)[C@H]([Si](C)(C)F)[C@H]2C)c2cc(N3CCCCC3=O)ccc21. The number of aromatic nitrogens is 3. The van der Waals surface area contributed by atoms with Crippen molar-refractivity contribution in [3.8, 4) is 0 Å². The molecule has 11 heteroatoms. The number of aliphatic hydroxyl groups is 1. The van der Waals surface area contributed by atoms with E-state index < -0.39 is 37.7 Å². The van der Waals surface area contributed by atoms with Gasteiger partial charge in [0.05, 0.1) is 18.0 Å². The van der Waals surface area contributed by atoms with Gasteiger partial charge in [-0.3, -0.25) is 14.3 Å². The van der Waals surface area contributed by atoms with Crippen LogP contribution in [-0.4, -0.2) is 59.5 Å². The van der Waals surface area contributed by atoms with Crippen LogP contribution in [0.3, 0.4) is 0 Å². The van der Waals surface area contributed by atoms with Gasteiger partial charge in [-0.1, -0.05) is 48.5 Å². The lowest BCUT2D eigenvalue weighted by molar-refractivity contribution is -0.145. The Morgan fingerprint density at radius 3 is 2.68 bits per heavy atom. The second-order valence-electron chi connectivity index (χ2n) is 12.7. The molecule has 6 rings (SSSR count). The third kappa shape index (κ3) is 5.10. The van der Waals surface area contributed by atoms with Crippen LogP contribution < -0.4 is 9.80 Å². The first-order chi connectivity index (χ1) is 21.1. The zero-order valence-electron chi connectivity index (χ0n) is 25.5. The second-order valence-corrected chi connectivity index (χ2v) is 16.5. The van der Waals surface area contributed by atoms with E-state index in [4.69, 9.17) is 4.74 Å². The van der Waals surface area contributed by atoms with Gasteiger partial charge in [-0.05, 0) is 56.1 Å². The molecule has 0 radical (unpaired) electrons. The lowest BCUT2D eigenvalue weighted by Gasteiger charge is -2.32. The molecule has 44 heavy (non-hydrogen) atoms. The fourth-order valence-corrected chi connectivity index (χ4v) is 10.0. The predicted molar refractivity (Wildman–Crippen MR) is 168 cm³/mol. The van der Waals surface area contributed by atoms with Crippen molar-refractivity contribution >= 4 is 31.6 Å². The van der Waals surface area contributed by atoms with Crippen molar-refractivity contribution in [2.45, 2.75) is 75.6 Å². The summed E-state index contributed by atoms with van der Waals surface area (Å²) in [6, 6.07) is 14.9. The van der Waals surface area contributed by atoms with E-state index in [0.29, 0.717) is 55.0 Å². The van der Waals surface area contributed by atoms with Gasteiger partial charge in [0.25, 0.3) is 5.91 Å². The number of benzene rings is 2. The van der Waals surface area contributed by atoms with Crippen molar-refractivity contribution < 1.29 is 23.5 Å². The number of carbonyl (C=O) groups excluding carboxylic acids is 2. The summed E-state index contributed by atoms with van der Waals surface area (Å²) in [6.45, 7) is 10.4. The maximum atomic E-state index is 16.2. The number of aryl methyl sites for hydroxylation is 1. The summed E-state index contributed by atoms with van der Waals surface area (Å²) in [6.07, 6.45) is 4.61. The Hall–Kier alpha value is -3.67. The highest BCUT2D eigenvalue weighted by molar-refractivity contribution is 6.72. The van der Waals surface area contributed by atoms with Gasteiger partial charge in [-0.15, -0.1) is 11.7 Å². The zero-order chi connectivity index (χ0) is 31.2. The Bertz CT molecular complexity index is 1560. The molecule has 232 valence electrons. The largest absolute Gasteiger partial charge is 0.382 e. The van der Waals surface area contributed by atoms with Crippen LogP contribution in [0.1, 0.15) is 55.5 Å². The Kier molecular flexibility index (Phi) is 8.06. The van der Waals surface area contributed by atoms with E-state index in [1.165, 1.54) is 0 Å². The number of ether oxygens (including phenoxy) is 1. The van der Waals surface area contributed by atoms with Crippen LogP contribution in [0.2, 0.25) is 18.6 Å². The first-order valence-electron chi connectivity index (χ1n) is 15.4. The summed E-state index contributed by atoms with van der Waals surface area (Å²) in [5.41, 5.74) is 1.42. The zero-order valence-corrected chi connectivity index (χ0v) is 26.5. The molecule has 2 aromatic carbocycles. The van der Waals surface area contributed by atoms with Gasteiger partial charge < -0.3 is 23.8 Å².